The van der Waals surface area contributed by atoms with Crippen molar-refractivity contribution in [3.05, 3.63) is 47.8 Å². The molecule has 2 aliphatic carbocycles. The molecule has 3 atom stereocenters. The van der Waals surface area contributed by atoms with Crippen molar-refractivity contribution in [2.75, 3.05) is 7.11 Å². The molecule has 1 aromatic heterocycles. The van der Waals surface area contributed by atoms with E-state index in [0.29, 0.717) is 29.0 Å². The molecule has 5 heteroatoms. The van der Waals surface area contributed by atoms with Crippen LogP contribution in [-0.2, 0) is 4.74 Å². The number of nitrogens with zero attached hydrogens (tertiary/aromatic N) is 1. The quantitative estimate of drug-likeness (QED) is 0.800. The molecule has 2 fully saturated rings. The highest BCUT2D eigenvalue weighted by Crippen LogP contribution is 2.53. The number of benzene rings is 1. The van der Waals surface area contributed by atoms with Crippen molar-refractivity contribution in [3.63, 3.8) is 0 Å². The van der Waals surface area contributed by atoms with Crippen LogP contribution in [0.3, 0.4) is 0 Å². The van der Waals surface area contributed by atoms with E-state index < -0.39 is 5.97 Å². The average molecular weight is 327 g/mol. The monoisotopic (exact) mass is 327 g/mol. The summed E-state index contributed by atoms with van der Waals surface area (Å²) in [6, 6.07) is 9.26. The van der Waals surface area contributed by atoms with Crippen LogP contribution < -0.4 is 4.74 Å². The van der Waals surface area contributed by atoms with Gasteiger partial charge in [-0.05, 0) is 43.2 Å². The second-order valence-corrected chi connectivity index (χ2v) is 6.42. The Labute approximate surface area is 139 Å². The largest absolute Gasteiger partial charge is 0.474 e. The topological polar surface area (TPSA) is 48.4 Å². The van der Waals surface area contributed by atoms with E-state index in [1.807, 2.05) is 0 Å². The van der Waals surface area contributed by atoms with Crippen molar-refractivity contribution in [1.82, 2.24) is 4.98 Å². The van der Waals surface area contributed by atoms with E-state index in [0.717, 1.165) is 5.56 Å². The Hall–Kier alpha value is -2.43. The Kier molecular flexibility index (Phi) is 3.71. The zero-order chi connectivity index (χ0) is 16.7. The Morgan fingerprint density at radius 1 is 1.17 bits per heavy atom. The van der Waals surface area contributed by atoms with E-state index in [-0.39, 0.29) is 11.9 Å². The minimum Gasteiger partial charge on any atom is -0.474 e. The third-order valence-corrected chi connectivity index (χ3v) is 4.95. The van der Waals surface area contributed by atoms with Crippen molar-refractivity contribution in [1.29, 1.82) is 0 Å². The molecule has 1 heterocycles. The number of pyridine rings is 1. The van der Waals surface area contributed by atoms with Gasteiger partial charge in [0.2, 0.25) is 5.88 Å². The second kappa shape index (κ2) is 5.89. The summed E-state index contributed by atoms with van der Waals surface area (Å²) in [7, 11) is 1.34. The molecule has 0 spiro atoms. The second-order valence-electron chi connectivity index (χ2n) is 6.42. The molecule has 0 amide bonds. The van der Waals surface area contributed by atoms with Crippen molar-refractivity contribution in [2.24, 2.45) is 11.8 Å². The molecule has 2 aromatic rings. The predicted octanol–water partition coefficient (Wildman–Crippen LogP) is 3.85. The number of methoxy groups -OCH3 is 1. The SMILES string of the molecule is COC(=O)c1cc(OC2[C@H]3CCC[C@@H]23)nc(-c2ccc(F)cc2)c1. The third kappa shape index (κ3) is 2.75. The lowest BCUT2D eigenvalue weighted by Gasteiger charge is -2.11. The number of rotatable bonds is 4. The van der Waals surface area contributed by atoms with Crippen LogP contribution in [0.4, 0.5) is 4.39 Å². The molecule has 0 aliphatic heterocycles. The highest BCUT2D eigenvalue weighted by Gasteiger charge is 2.55. The van der Waals surface area contributed by atoms with Crippen LogP contribution in [0.2, 0.25) is 0 Å². The molecule has 124 valence electrons. The van der Waals surface area contributed by atoms with Gasteiger partial charge in [0.05, 0.1) is 18.4 Å². The van der Waals surface area contributed by atoms with Crippen molar-refractivity contribution < 1.29 is 18.7 Å². The number of ether oxygens (including phenoxy) is 2. The molecule has 0 saturated heterocycles. The van der Waals surface area contributed by atoms with Gasteiger partial charge in [-0.3, -0.25) is 0 Å². The maximum Gasteiger partial charge on any atom is 0.338 e. The molecule has 0 N–H and O–H groups in total. The zero-order valence-corrected chi connectivity index (χ0v) is 13.4. The van der Waals surface area contributed by atoms with Gasteiger partial charge in [-0.15, -0.1) is 0 Å². The van der Waals surface area contributed by atoms with Gasteiger partial charge in [0.25, 0.3) is 0 Å². The van der Waals surface area contributed by atoms with Gasteiger partial charge in [-0.25, -0.2) is 14.2 Å². The van der Waals surface area contributed by atoms with Gasteiger partial charge in [0.1, 0.15) is 11.9 Å². The molecule has 2 saturated carbocycles. The van der Waals surface area contributed by atoms with E-state index in [4.69, 9.17) is 9.47 Å². The zero-order valence-electron chi connectivity index (χ0n) is 13.4. The summed E-state index contributed by atoms with van der Waals surface area (Å²) in [5.41, 5.74) is 1.68. The molecular formula is C19H18FNO3. The van der Waals surface area contributed by atoms with Gasteiger partial charge < -0.3 is 9.47 Å². The first-order valence-electron chi connectivity index (χ1n) is 8.19. The van der Waals surface area contributed by atoms with Crippen LogP contribution in [0.1, 0.15) is 29.6 Å². The van der Waals surface area contributed by atoms with Gasteiger partial charge in [-0.1, -0.05) is 6.42 Å². The first-order chi connectivity index (χ1) is 11.7. The van der Waals surface area contributed by atoms with Crippen molar-refractivity contribution >= 4 is 5.97 Å². The summed E-state index contributed by atoms with van der Waals surface area (Å²) >= 11 is 0. The minimum absolute atomic E-state index is 0.209. The first-order valence-corrected chi connectivity index (χ1v) is 8.19. The number of aromatic nitrogens is 1. The molecule has 2 aliphatic rings. The van der Waals surface area contributed by atoms with E-state index in [1.54, 1.807) is 24.3 Å². The molecule has 1 aromatic carbocycles. The van der Waals surface area contributed by atoms with Crippen molar-refractivity contribution in [2.45, 2.75) is 25.4 Å². The third-order valence-electron chi connectivity index (χ3n) is 4.95. The maximum atomic E-state index is 13.1. The number of carbonyl (C=O) groups is 1. The standard InChI is InChI=1S/C19H18FNO3/c1-23-19(22)12-9-16(11-5-7-13(20)8-6-11)21-17(10-12)24-18-14-3-2-4-15(14)18/h5-10,14-15,18H,2-4H2,1H3/t14-,15+,18?. The summed E-state index contributed by atoms with van der Waals surface area (Å²) < 4.78 is 24.0. The van der Waals surface area contributed by atoms with Crippen LogP contribution >= 0.6 is 0 Å². The fourth-order valence-corrected chi connectivity index (χ4v) is 3.64. The number of hydrogen-bond acceptors (Lipinski definition) is 4. The van der Waals surface area contributed by atoms with Crippen molar-refractivity contribution in [3.8, 4) is 17.1 Å². The van der Waals surface area contributed by atoms with E-state index >= 15 is 0 Å². The van der Waals surface area contributed by atoms with Crippen LogP contribution in [0, 0.1) is 17.7 Å². The van der Waals surface area contributed by atoms with E-state index in [2.05, 4.69) is 4.98 Å². The highest BCUT2D eigenvalue weighted by molar-refractivity contribution is 5.91. The minimum atomic E-state index is -0.443. The normalized spacial score (nSPS) is 24.3. The van der Waals surface area contributed by atoms with Crippen LogP contribution in [0.25, 0.3) is 11.3 Å². The average Bonchev–Trinajstić information content (AvgIpc) is 3.03. The molecular weight excluding hydrogens is 309 g/mol. The number of hydrogen-bond donors (Lipinski definition) is 0. The smallest absolute Gasteiger partial charge is 0.338 e. The molecule has 0 bridgehead atoms. The van der Waals surface area contributed by atoms with Crippen LogP contribution in [0.5, 0.6) is 5.88 Å². The highest BCUT2D eigenvalue weighted by atomic mass is 19.1. The number of fused-ring (bicyclic) bond motifs is 1. The fourth-order valence-electron chi connectivity index (χ4n) is 3.64. The molecule has 24 heavy (non-hydrogen) atoms. The Morgan fingerprint density at radius 2 is 1.88 bits per heavy atom. The number of carbonyl (C=O) groups excluding carboxylic acids is 1. The Bertz CT molecular complexity index is 765. The lowest BCUT2D eigenvalue weighted by atomic mass is 10.1. The molecule has 4 nitrogen and oxygen atoms in total. The van der Waals surface area contributed by atoms with Gasteiger partial charge in [-0.2, -0.15) is 0 Å². The first kappa shape index (κ1) is 15.1. The van der Waals surface area contributed by atoms with Crippen LogP contribution in [0.15, 0.2) is 36.4 Å². The van der Waals surface area contributed by atoms with E-state index in [1.165, 1.54) is 38.5 Å². The fraction of sp³-hybridized carbons (Fsp3) is 0.368. The van der Waals surface area contributed by atoms with Gasteiger partial charge >= 0.3 is 5.97 Å². The summed E-state index contributed by atoms with van der Waals surface area (Å²) in [6.45, 7) is 0. The van der Waals surface area contributed by atoms with Gasteiger partial charge in [0.15, 0.2) is 0 Å². The summed E-state index contributed by atoms with van der Waals surface area (Å²) in [6.07, 6.45) is 3.89. The van der Waals surface area contributed by atoms with Gasteiger partial charge in [0, 0.05) is 23.5 Å². The number of esters is 1. The summed E-state index contributed by atoms with van der Waals surface area (Å²) in [5.74, 6) is 0.925. The maximum absolute atomic E-state index is 13.1. The molecule has 4 rings (SSSR count). The predicted molar refractivity (Wildman–Crippen MR) is 86.2 cm³/mol. The lowest BCUT2D eigenvalue weighted by Crippen LogP contribution is -2.08. The van der Waals surface area contributed by atoms with E-state index in [9.17, 15) is 9.18 Å². The number of halogens is 1. The molecule has 0 radical (unpaired) electrons. The Balaban J connectivity index is 1.66. The van der Waals surface area contributed by atoms with Crippen LogP contribution in [-0.4, -0.2) is 24.2 Å². The Morgan fingerprint density at radius 3 is 2.54 bits per heavy atom. The summed E-state index contributed by atoms with van der Waals surface area (Å²) in [5, 5.41) is 0. The molecule has 1 unspecified atom stereocenters. The lowest BCUT2D eigenvalue weighted by molar-refractivity contribution is 0.0600. The summed E-state index contributed by atoms with van der Waals surface area (Å²) in [4.78, 5) is 16.4.